The van der Waals surface area contributed by atoms with Crippen molar-refractivity contribution in [1.82, 2.24) is 18.3 Å². The Kier molecular flexibility index (Phi) is 5.04. The van der Waals surface area contributed by atoms with Crippen molar-refractivity contribution in [2.75, 3.05) is 26.3 Å². The highest BCUT2D eigenvalue weighted by Gasteiger charge is 2.27. The van der Waals surface area contributed by atoms with Crippen LogP contribution in [0.25, 0.3) is 22.6 Å². The zero-order valence-electron chi connectivity index (χ0n) is 17.9. The van der Waals surface area contributed by atoms with Crippen LogP contribution in [0.4, 0.5) is 0 Å². The molecule has 1 N–H and O–H groups in total. The van der Waals surface area contributed by atoms with E-state index in [9.17, 15) is 13.5 Å². The average molecular weight is 453 g/mol. The Morgan fingerprint density at radius 2 is 1.84 bits per heavy atom. The molecule has 0 unspecified atom stereocenters. The number of ether oxygens (including phenoxy) is 1. The molecule has 4 heterocycles. The molecular formula is C23H24N4O4S. The van der Waals surface area contributed by atoms with E-state index in [-0.39, 0.29) is 10.6 Å². The summed E-state index contributed by atoms with van der Waals surface area (Å²) in [7, 11) is -3.59. The molecule has 5 rings (SSSR count). The summed E-state index contributed by atoms with van der Waals surface area (Å²) in [5.41, 5.74) is 4.82. The summed E-state index contributed by atoms with van der Waals surface area (Å²) in [4.78, 5) is 4.86. The zero-order chi connectivity index (χ0) is 22.5. The maximum absolute atomic E-state index is 13.1. The number of imidazole rings is 1. The molecule has 1 aromatic carbocycles. The first-order chi connectivity index (χ1) is 15.4. The Balaban J connectivity index is 1.57. The van der Waals surface area contributed by atoms with Gasteiger partial charge in [-0.15, -0.1) is 0 Å². The van der Waals surface area contributed by atoms with Gasteiger partial charge in [0, 0.05) is 48.1 Å². The predicted molar refractivity (Wildman–Crippen MR) is 121 cm³/mol. The van der Waals surface area contributed by atoms with Crippen molar-refractivity contribution in [3.8, 4) is 22.7 Å². The van der Waals surface area contributed by atoms with Gasteiger partial charge in [-0.05, 0) is 50.2 Å². The monoisotopic (exact) mass is 452 g/mol. The van der Waals surface area contributed by atoms with Crippen molar-refractivity contribution >= 4 is 15.7 Å². The van der Waals surface area contributed by atoms with Crippen LogP contribution in [0, 0.1) is 13.8 Å². The van der Waals surface area contributed by atoms with E-state index in [0.29, 0.717) is 32.0 Å². The minimum atomic E-state index is -3.59. The Bertz CT molecular complexity index is 1420. The lowest BCUT2D eigenvalue weighted by Gasteiger charge is -2.26. The van der Waals surface area contributed by atoms with Crippen molar-refractivity contribution < 1.29 is 18.3 Å². The lowest BCUT2D eigenvalue weighted by Crippen LogP contribution is -2.40. The van der Waals surface area contributed by atoms with Gasteiger partial charge in [0.05, 0.1) is 23.8 Å². The van der Waals surface area contributed by atoms with Gasteiger partial charge < -0.3 is 18.8 Å². The first-order valence-corrected chi connectivity index (χ1v) is 11.8. The molecule has 1 aliphatic heterocycles. The van der Waals surface area contributed by atoms with E-state index in [1.807, 2.05) is 42.9 Å². The number of pyridine rings is 1. The number of hydrogen-bond donors (Lipinski definition) is 1. The molecule has 3 aromatic heterocycles. The van der Waals surface area contributed by atoms with Crippen molar-refractivity contribution in [3.05, 3.63) is 66.2 Å². The molecule has 1 saturated heterocycles. The lowest BCUT2D eigenvalue weighted by molar-refractivity contribution is 0.0730. The van der Waals surface area contributed by atoms with Gasteiger partial charge in [0.2, 0.25) is 10.0 Å². The van der Waals surface area contributed by atoms with Crippen LogP contribution in [0.1, 0.15) is 11.4 Å². The summed E-state index contributed by atoms with van der Waals surface area (Å²) in [6.07, 6.45) is 3.71. The van der Waals surface area contributed by atoms with Gasteiger partial charge in [0.15, 0.2) is 11.4 Å². The van der Waals surface area contributed by atoms with Crippen molar-refractivity contribution in [2.24, 2.45) is 0 Å². The third kappa shape index (κ3) is 3.38. The number of sulfonamides is 1. The molecule has 1 fully saturated rings. The molecule has 0 aliphatic carbocycles. The van der Waals surface area contributed by atoms with Crippen LogP contribution in [0.3, 0.4) is 0 Å². The fourth-order valence-corrected chi connectivity index (χ4v) is 5.71. The van der Waals surface area contributed by atoms with Gasteiger partial charge >= 0.3 is 0 Å². The number of benzene rings is 1. The maximum Gasteiger partial charge on any atom is 0.243 e. The largest absolute Gasteiger partial charge is 0.504 e. The van der Waals surface area contributed by atoms with Gasteiger partial charge in [0.1, 0.15) is 0 Å². The van der Waals surface area contributed by atoms with E-state index in [4.69, 9.17) is 4.74 Å². The Labute approximate surface area is 186 Å². The number of aromatic hydroxyl groups is 1. The molecule has 0 saturated carbocycles. The highest BCUT2D eigenvalue weighted by molar-refractivity contribution is 7.89. The van der Waals surface area contributed by atoms with Gasteiger partial charge in [-0.25, -0.2) is 13.4 Å². The summed E-state index contributed by atoms with van der Waals surface area (Å²) in [5.74, 6) is 0.119. The molecule has 9 heteroatoms. The van der Waals surface area contributed by atoms with Crippen molar-refractivity contribution in [3.63, 3.8) is 0 Å². The molecule has 0 radical (unpaired) electrons. The number of aromatic nitrogens is 3. The number of morpholine rings is 1. The van der Waals surface area contributed by atoms with Crippen LogP contribution in [-0.4, -0.2) is 58.1 Å². The van der Waals surface area contributed by atoms with E-state index < -0.39 is 10.0 Å². The summed E-state index contributed by atoms with van der Waals surface area (Å²) in [6, 6.07) is 12.4. The second kappa shape index (κ2) is 7.77. The second-order valence-corrected chi connectivity index (χ2v) is 9.82. The topological polar surface area (TPSA) is 89.1 Å². The quantitative estimate of drug-likeness (QED) is 0.514. The standard InChI is InChI=1S/C23H24N4O4S/c1-16-13-20(21-15-25-8-4-7-22(28)23(25)24-21)17(2)27(16)18-5-3-6-19(14-18)32(29,30)26-9-11-31-12-10-26/h3-8,13-15,28H,9-12H2,1-2H3. The first-order valence-electron chi connectivity index (χ1n) is 10.4. The van der Waals surface area contributed by atoms with Crippen molar-refractivity contribution in [2.45, 2.75) is 18.7 Å². The molecule has 0 bridgehead atoms. The SMILES string of the molecule is Cc1cc(-c2cn3cccc(O)c3n2)c(C)n1-c1cccc(S(=O)(=O)N2CCOCC2)c1. The van der Waals surface area contributed by atoms with Crippen LogP contribution in [0.2, 0.25) is 0 Å². The minimum Gasteiger partial charge on any atom is -0.504 e. The molecule has 0 atom stereocenters. The van der Waals surface area contributed by atoms with Crippen LogP contribution >= 0.6 is 0 Å². The Hall–Kier alpha value is -3.14. The highest BCUT2D eigenvalue weighted by atomic mass is 32.2. The maximum atomic E-state index is 13.1. The third-order valence-electron chi connectivity index (χ3n) is 5.85. The van der Waals surface area contributed by atoms with Gasteiger partial charge in [-0.2, -0.15) is 4.31 Å². The Morgan fingerprint density at radius 3 is 2.59 bits per heavy atom. The van der Waals surface area contributed by atoms with Gasteiger partial charge in [-0.3, -0.25) is 0 Å². The summed E-state index contributed by atoms with van der Waals surface area (Å²) >= 11 is 0. The van der Waals surface area contributed by atoms with E-state index in [2.05, 4.69) is 4.98 Å². The van der Waals surface area contributed by atoms with Crippen molar-refractivity contribution in [1.29, 1.82) is 0 Å². The van der Waals surface area contributed by atoms with E-state index in [0.717, 1.165) is 28.3 Å². The average Bonchev–Trinajstić information content (AvgIpc) is 3.36. The van der Waals surface area contributed by atoms with Gasteiger partial charge in [0.25, 0.3) is 0 Å². The third-order valence-corrected chi connectivity index (χ3v) is 7.75. The first kappa shape index (κ1) is 20.7. The molecular weight excluding hydrogens is 428 g/mol. The summed E-state index contributed by atoms with van der Waals surface area (Å²) in [6.45, 7) is 5.50. The molecule has 0 amide bonds. The number of hydrogen-bond acceptors (Lipinski definition) is 5. The fourth-order valence-electron chi connectivity index (χ4n) is 4.27. The van der Waals surface area contributed by atoms with Crippen LogP contribution in [0.15, 0.2) is 59.8 Å². The molecule has 8 nitrogen and oxygen atoms in total. The minimum absolute atomic E-state index is 0.119. The molecule has 4 aromatic rings. The molecule has 32 heavy (non-hydrogen) atoms. The number of fused-ring (bicyclic) bond motifs is 1. The van der Waals surface area contributed by atoms with Crippen LogP contribution < -0.4 is 0 Å². The van der Waals surface area contributed by atoms with E-state index in [1.54, 1.807) is 34.7 Å². The molecule has 0 spiro atoms. The highest BCUT2D eigenvalue weighted by Crippen LogP contribution is 2.31. The number of aryl methyl sites for hydroxylation is 1. The van der Waals surface area contributed by atoms with E-state index in [1.165, 1.54) is 4.31 Å². The smallest absolute Gasteiger partial charge is 0.243 e. The van der Waals surface area contributed by atoms with Gasteiger partial charge in [-0.1, -0.05) is 6.07 Å². The van der Waals surface area contributed by atoms with Crippen LogP contribution in [0.5, 0.6) is 5.75 Å². The fraction of sp³-hybridized carbons (Fsp3) is 0.261. The number of rotatable bonds is 4. The number of nitrogens with zero attached hydrogens (tertiary/aromatic N) is 4. The summed E-state index contributed by atoms with van der Waals surface area (Å²) < 4.78 is 36.8. The predicted octanol–water partition coefficient (Wildman–Crippen LogP) is 3.14. The zero-order valence-corrected chi connectivity index (χ0v) is 18.7. The lowest BCUT2D eigenvalue weighted by atomic mass is 10.2. The second-order valence-electron chi connectivity index (χ2n) is 7.88. The molecule has 166 valence electrons. The van der Waals surface area contributed by atoms with Crippen LogP contribution in [-0.2, 0) is 14.8 Å². The summed E-state index contributed by atoms with van der Waals surface area (Å²) in [5, 5.41) is 10.1. The molecule has 1 aliphatic rings. The Morgan fingerprint density at radius 1 is 1.06 bits per heavy atom. The van der Waals surface area contributed by atoms with E-state index >= 15 is 0 Å². The normalized spacial score (nSPS) is 15.4.